The molecule has 0 bridgehead atoms. The molecule has 0 saturated heterocycles. The lowest BCUT2D eigenvalue weighted by Gasteiger charge is -2.27. The van der Waals surface area contributed by atoms with E-state index in [0.717, 1.165) is 12.0 Å². The lowest BCUT2D eigenvalue weighted by atomic mass is 10.2. The van der Waals surface area contributed by atoms with E-state index < -0.39 is 0 Å². The number of nitrogens with zero attached hydrogens (tertiary/aromatic N) is 2. The summed E-state index contributed by atoms with van der Waals surface area (Å²) in [7, 11) is 1.46. The SMILES string of the molecule is CCCN(CC(=O)N(Cc1ccc2c(c1)OCO2)Cc1ccco1)C(=O)COC. The van der Waals surface area contributed by atoms with Crippen molar-refractivity contribution in [3.8, 4) is 11.5 Å². The van der Waals surface area contributed by atoms with Crippen molar-refractivity contribution >= 4 is 11.8 Å². The molecule has 1 aromatic heterocycles. The molecule has 1 aliphatic rings. The van der Waals surface area contributed by atoms with Crippen LogP contribution in [0.4, 0.5) is 0 Å². The second kappa shape index (κ2) is 9.97. The monoisotopic (exact) mass is 402 g/mol. The lowest BCUT2D eigenvalue weighted by molar-refractivity contribution is -0.143. The normalized spacial score (nSPS) is 12.1. The van der Waals surface area contributed by atoms with Gasteiger partial charge >= 0.3 is 0 Å². The maximum Gasteiger partial charge on any atom is 0.249 e. The van der Waals surface area contributed by atoms with Crippen molar-refractivity contribution in [1.82, 2.24) is 9.80 Å². The fourth-order valence-electron chi connectivity index (χ4n) is 3.12. The Kier molecular flexibility index (Phi) is 7.13. The van der Waals surface area contributed by atoms with Gasteiger partial charge in [-0.25, -0.2) is 0 Å². The van der Waals surface area contributed by atoms with Crippen LogP contribution in [0, 0.1) is 0 Å². The molecule has 3 rings (SSSR count). The summed E-state index contributed by atoms with van der Waals surface area (Å²) in [5, 5.41) is 0. The number of amides is 2. The molecule has 0 spiro atoms. The Morgan fingerprint density at radius 2 is 1.90 bits per heavy atom. The third-order valence-corrected chi connectivity index (χ3v) is 4.53. The van der Waals surface area contributed by atoms with Gasteiger partial charge in [-0.2, -0.15) is 0 Å². The van der Waals surface area contributed by atoms with Crippen LogP contribution in [0.3, 0.4) is 0 Å². The number of carbonyl (C=O) groups is 2. The maximum atomic E-state index is 13.1. The Morgan fingerprint density at radius 1 is 1.07 bits per heavy atom. The third kappa shape index (κ3) is 5.51. The van der Waals surface area contributed by atoms with E-state index in [2.05, 4.69) is 0 Å². The van der Waals surface area contributed by atoms with Gasteiger partial charge in [0.25, 0.3) is 0 Å². The van der Waals surface area contributed by atoms with Crippen molar-refractivity contribution in [2.24, 2.45) is 0 Å². The van der Waals surface area contributed by atoms with Gasteiger partial charge in [0.2, 0.25) is 18.6 Å². The number of hydrogen-bond acceptors (Lipinski definition) is 6. The number of rotatable bonds is 10. The molecule has 1 aromatic carbocycles. The quantitative estimate of drug-likeness (QED) is 0.607. The minimum absolute atomic E-state index is 0.0126. The van der Waals surface area contributed by atoms with Crippen molar-refractivity contribution in [2.75, 3.05) is 33.6 Å². The summed E-state index contributed by atoms with van der Waals surface area (Å²) in [5.41, 5.74) is 0.902. The minimum Gasteiger partial charge on any atom is -0.467 e. The molecule has 0 N–H and O–H groups in total. The van der Waals surface area contributed by atoms with Gasteiger partial charge in [0.15, 0.2) is 11.5 Å². The molecule has 0 radical (unpaired) electrons. The largest absolute Gasteiger partial charge is 0.467 e. The molecule has 2 amide bonds. The smallest absolute Gasteiger partial charge is 0.249 e. The fourth-order valence-corrected chi connectivity index (χ4v) is 3.12. The predicted molar refractivity (Wildman–Crippen MR) is 104 cm³/mol. The van der Waals surface area contributed by atoms with Gasteiger partial charge in [-0.15, -0.1) is 0 Å². The number of ether oxygens (including phenoxy) is 3. The summed E-state index contributed by atoms with van der Waals surface area (Å²) in [6.07, 6.45) is 2.33. The Bertz CT molecular complexity index is 821. The van der Waals surface area contributed by atoms with Crippen LogP contribution in [0.1, 0.15) is 24.7 Å². The molecule has 0 unspecified atom stereocenters. The minimum atomic E-state index is -0.205. The number of benzene rings is 1. The van der Waals surface area contributed by atoms with E-state index in [0.29, 0.717) is 36.9 Å². The zero-order chi connectivity index (χ0) is 20.6. The van der Waals surface area contributed by atoms with Crippen LogP contribution >= 0.6 is 0 Å². The van der Waals surface area contributed by atoms with Crippen molar-refractivity contribution in [1.29, 1.82) is 0 Å². The zero-order valence-electron chi connectivity index (χ0n) is 16.8. The first-order valence-electron chi connectivity index (χ1n) is 9.56. The number of fused-ring (bicyclic) bond motifs is 1. The van der Waals surface area contributed by atoms with Crippen LogP contribution in [-0.2, 0) is 27.4 Å². The van der Waals surface area contributed by atoms with E-state index in [1.807, 2.05) is 31.2 Å². The summed E-state index contributed by atoms with van der Waals surface area (Å²) >= 11 is 0. The van der Waals surface area contributed by atoms with Crippen LogP contribution in [0.15, 0.2) is 41.0 Å². The molecular formula is C21H26N2O6. The average molecular weight is 402 g/mol. The topological polar surface area (TPSA) is 81.5 Å². The van der Waals surface area contributed by atoms with Crippen LogP contribution in [0.5, 0.6) is 11.5 Å². The van der Waals surface area contributed by atoms with Gasteiger partial charge in [-0.05, 0) is 36.2 Å². The van der Waals surface area contributed by atoms with E-state index in [4.69, 9.17) is 18.6 Å². The molecule has 8 nitrogen and oxygen atoms in total. The highest BCUT2D eigenvalue weighted by atomic mass is 16.7. The van der Waals surface area contributed by atoms with E-state index in [1.54, 1.807) is 17.2 Å². The molecule has 2 aromatic rings. The highest BCUT2D eigenvalue weighted by Gasteiger charge is 2.23. The summed E-state index contributed by atoms with van der Waals surface area (Å²) in [5.74, 6) is 1.65. The average Bonchev–Trinajstić information content (AvgIpc) is 3.38. The molecule has 29 heavy (non-hydrogen) atoms. The van der Waals surface area contributed by atoms with Crippen molar-refractivity contribution in [3.05, 3.63) is 47.9 Å². The molecule has 2 heterocycles. The van der Waals surface area contributed by atoms with E-state index in [1.165, 1.54) is 12.0 Å². The first kappa shape index (κ1) is 20.7. The standard InChI is InChI=1S/C21H26N2O6/c1-3-8-22(21(25)14-26-2)13-20(24)23(12-17-5-4-9-27-17)11-16-6-7-18-19(10-16)29-15-28-18/h4-7,9-10H,3,8,11-15H2,1-2H3. The summed E-state index contributed by atoms with van der Waals surface area (Å²) in [6.45, 7) is 3.25. The van der Waals surface area contributed by atoms with E-state index in [9.17, 15) is 9.59 Å². The number of furan rings is 1. The molecule has 1 aliphatic heterocycles. The summed E-state index contributed by atoms with van der Waals surface area (Å²) in [4.78, 5) is 28.6. The van der Waals surface area contributed by atoms with Crippen molar-refractivity contribution < 1.29 is 28.2 Å². The molecule has 0 aliphatic carbocycles. The highest BCUT2D eigenvalue weighted by Crippen LogP contribution is 2.33. The van der Waals surface area contributed by atoms with Crippen molar-refractivity contribution in [3.63, 3.8) is 0 Å². The highest BCUT2D eigenvalue weighted by molar-refractivity contribution is 5.85. The molecule has 0 saturated carbocycles. The van der Waals surface area contributed by atoms with Crippen LogP contribution < -0.4 is 9.47 Å². The third-order valence-electron chi connectivity index (χ3n) is 4.53. The lowest BCUT2D eigenvalue weighted by Crippen LogP contribution is -2.43. The molecule has 0 atom stereocenters. The number of hydrogen-bond donors (Lipinski definition) is 0. The summed E-state index contributed by atoms with van der Waals surface area (Å²) < 4.78 is 21.1. The van der Waals surface area contributed by atoms with Gasteiger partial charge in [0.05, 0.1) is 19.4 Å². The van der Waals surface area contributed by atoms with Gasteiger partial charge in [-0.1, -0.05) is 13.0 Å². The molecule has 0 fully saturated rings. The second-order valence-corrected chi connectivity index (χ2v) is 6.77. The number of carbonyl (C=O) groups excluding carboxylic acids is 2. The van der Waals surface area contributed by atoms with Crippen molar-refractivity contribution in [2.45, 2.75) is 26.4 Å². The first-order valence-corrected chi connectivity index (χ1v) is 9.56. The fraction of sp³-hybridized carbons (Fsp3) is 0.429. The number of methoxy groups -OCH3 is 1. The Balaban J connectivity index is 1.75. The van der Waals surface area contributed by atoms with Crippen LogP contribution in [0.2, 0.25) is 0 Å². The Labute approximate surface area is 169 Å². The second-order valence-electron chi connectivity index (χ2n) is 6.77. The first-order chi connectivity index (χ1) is 14.1. The Morgan fingerprint density at radius 3 is 2.62 bits per heavy atom. The van der Waals surface area contributed by atoms with Gasteiger partial charge in [-0.3, -0.25) is 9.59 Å². The summed E-state index contributed by atoms with van der Waals surface area (Å²) in [6, 6.07) is 9.20. The maximum absolute atomic E-state index is 13.1. The van der Waals surface area contributed by atoms with E-state index >= 15 is 0 Å². The molecule has 156 valence electrons. The zero-order valence-corrected chi connectivity index (χ0v) is 16.8. The predicted octanol–water partition coefficient (Wildman–Crippen LogP) is 2.42. The molecular weight excluding hydrogens is 376 g/mol. The Hall–Kier alpha value is -3.00. The van der Waals surface area contributed by atoms with Gasteiger partial charge in [0.1, 0.15) is 12.4 Å². The van der Waals surface area contributed by atoms with Crippen LogP contribution in [-0.4, -0.2) is 55.2 Å². The van der Waals surface area contributed by atoms with E-state index in [-0.39, 0.29) is 31.8 Å². The van der Waals surface area contributed by atoms with Gasteiger partial charge in [0, 0.05) is 20.2 Å². The van der Waals surface area contributed by atoms with Gasteiger partial charge < -0.3 is 28.4 Å². The van der Waals surface area contributed by atoms with Crippen LogP contribution in [0.25, 0.3) is 0 Å². The molecule has 8 heteroatoms.